The summed E-state index contributed by atoms with van der Waals surface area (Å²) in [7, 11) is 0. The minimum atomic E-state index is 0. The molecule has 0 saturated heterocycles. The summed E-state index contributed by atoms with van der Waals surface area (Å²) in [5.41, 5.74) is 0. The Labute approximate surface area is 47.3 Å². The molecule has 2 heteroatoms. The van der Waals surface area contributed by atoms with Gasteiger partial charge in [0, 0.05) is 0 Å². The first kappa shape index (κ1) is 8.91. The van der Waals surface area contributed by atoms with Gasteiger partial charge in [0.05, 0.1) is 0 Å². The molecule has 0 fully saturated rings. The molecule has 0 bridgehead atoms. The van der Waals surface area contributed by atoms with Crippen LogP contribution in [0, 0.1) is 5.33 Å². The van der Waals surface area contributed by atoms with Crippen LogP contribution in [-0.2, 0) is 0 Å². The minimum absolute atomic E-state index is 0. The quantitative estimate of drug-likeness (QED) is 0.268. The van der Waals surface area contributed by atoms with Crippen LogP contribution in [0.2, 0.25) is 0 Å². The van der Waals surface area contributed by atoms with Crippen LogP contribution in [0.5, 0.6) is 0 Å². The molecular weight excluding hydrogens is 111 g/mol. The van der Waals surface area contributed by atoms with Crippen LogP contribution < -0.4 is 18.9 Å². The van der Waals surface area contributed by atoms with Crippen molar-refractivity contribution in [3.8, 4) is 0 Å². The van der Waals surface area contributed by atoms with Gasteiger partial charge in [0.1, 0.15) is 0 Å². The van der Waals surface area contributed by atoms with Crippen molar-refractivity contribution in [1.29, 1.82) is 0 Å². The Morgan fingerprint density at radius 1 is 1.75 bits per heavy atom. The first-order valence-electron chi connectivity index (χ1n) is 0.796. The fourth-order valence-corrected chi connectivity index (χ4v) is 0. The van der Waals surface area contributed by atoms with Crippen molar-refractivity contribution >= 4 is 15.9 Å². The molecule has 0 aromatic carbocycles. The zero-order valence-corrected chi connectivity index (χ0v) is 4.54. The first-order chi connectivity index (χ1) is 1.41. The summed E-state index contributed by atoms with van der Waals surface area (Å²) in [4.78, 5) is 0. The molecule has 0 amide bonds. The summed E-state index contributed by atoms with van der Waals surface area (Å²) in [6, 6.07) is 0. The maximum atomic E-state index is 3.02. The van der Waals surface area contributed by atoms with Crippen molar-refractivity contribution in [2.24, 2.45) is 0 Å². The summed E-state index contributed by atoms with van der Waals surface area (Å²) in [6.07, 6.45) is 0. The Bertz CT molecular complexity index is 6.00. The molecule has 0 rings (SSSR count). The van der Waals surface area contributed by atoms with Crippen LogP contribution >= 0.6 is 15.9 Å². The molecule has 20 valence electrons. The van der Waals surface area contributed by atoms with E-state index in [1.54, 1.807) is 0 Å². The van der Waals surface area contributed by atoms with Crippen molar-refractivity contribution in [3.63, 3.8) is 0 Å². The van der Waals surface area contributed by atoms with E-state index in [2.05, 4.69) is 15.9 Å². The molecule has 0 spiro atoms. The van der Waals surface area contributed by atoms with Crippen molar-refractivity contribution < 1.29 is 18.9 Å². The third-order valence-corrected chi connectivity index (χ3v) is 0. The molecule has 0 unspecified atom stereocenters. The fraction of sp³-hybridized carbons (Fsp3) is 0.500. The predicted octanol–water partition coefficient (Wildman–Crippen LogP) is -1.43. The molecule has 0 radical (unpaired) electrons. The van der Waals surface area contributed by atoms with E-state index in [0.29, 0.717) is 0 Å². The van der Waals surface area contributed by atoms with Gasteiger partial charge < -0.3 is 15.9 Å². The van der Waals surface area contributed by atoms with Crippen LogP contribution in [0.3, 0.4) is 0 Å². The standard InChI is InChI=1S/C2H4Br.Li/c1-2-3;/h2H,1H3;/q-1;+1. The van der Waals surface area contributed by atoms with Crippen LogP contribution in [0.25, 0.3) is 0 Å². The van der Waals surface area contributed by atoms with E-state index in [9.17, 15) is 0 Å². The number of rotatable bonds is 0. The molecule has 0 saturated carbocycles. The Hall–Kier alpha value is 1.08. The Kier molecular flexibility index (Phi) is 19.9. The van der Waals surface area contributed by atoms with Gasteiger partial charge in [-0.05, 0) is 0 Å². The van der Waals surface area contributed by atoms with Gasteiger partial charge in [-0.15, -0.1) is 0 Å². The molecular formula is C2H4BrLi. The average molecular weight is 115 g/mol. The topological polar surface area (TPSA) is 0 Å². The van der Waals surface area contributed by atoms with Crippen LogP contribution in [0.15, 0.2) is 0 Å². The molecule has 0 aromatic heterocycles. The summed E-state index contributed by atoms with van der Waals surface area (Å²) >= 11 is 3.02. The Morgan fingerprint density at radius 2 is 1.75 bits per heavy atom. The normalized spacial score (nSPS) is 4.50. The van der Waals surface area contributed by atoms with Gasteiger partial charge in [-0.25, -0.2) is 0 Å². The Morgan fingerprint density at radius 3 is 1.75 bits per heavy atom. The van der Waals surface area contributed by atoms with Crippen LogP contribution in [-0.4, -0.2) is 0 Å². The number of hydrogen-bond donors (Lipinski definition) is 0. The van der Waals surface area contributed by atoms with Gasteiger partial charge in [-0.2, -0.15) is 6.92 Å². The van der Waals surface area contributed by atoms with Gasteiger partial charge in [0.15, 0.2) is 0 Å². The summed E-state index contributed by atoms with van der Waals surface area (Å²) in [5.74, 6) is 0. The summed E-state index contributed by atoms with van der Waals surface area (Å²) < 4.78 is 0. The first-order valence-corrected chi connectivity index (χ1v) is 1.71. The average Bonchev–Trinajstić information content (AvgIpc) is 0.918. The Balaban J connectivity index is 0. The molecule has 0 aromatic rings. The molecule has 0 N–H and O–H groups in total. The molecule has 0 aliphatic carbocycles. The predicted molar refractivity (Wildman–Crippen MR) is 18.9 cm³/mol. The molecule has 4 heavy (non-hydrogen) atoms. The monoisotopic (exact) mass is 114 g/mol. The van der Waals surface area contributed by atoms with Gasteiger partial charge in [-0.3, -0.25) is 5.33 Å². The molecule has 0 aliphatic rings. The van der Waals surface area contributed by atoms with Gasteiger partial charge in [-0.1, -0.05) is 0 Å². The van der Waals surface area contributed by atoms with E-state index in [-0.39, 0.29) is 18.9 Å². The van der Waals surface area contributed by atoms with Crippen LogP contribution in [0.4, 0.5) is 0 Å². The zero-order chi connectivity index (χ0) is 2.71. The van der Waals surface area contributed by atoms with E-state index in [1.165, 1.54) is 0 Å². The second kappa shape index (κ2) is 8.95. The third kappa shape index (κ3) is 11.4. The SMILES string of the molecule is C[CH-]Br.[Li+]. The maximum absolute atomic E-state index is 3.02. The third-order valence-electron chi connectivity index (χ3n) is 0. The molecule has 0 atom stereocenters. The van der Waals surface area contributed by atoms with Gasteiger partial charge in [0.2, 0.25) is 0 Å². The van der Waals surface area contributed by atoms with E-state index in [1.807, 2.05) is 12.3 Å². The second-order valence-electron chi connectivity index (χ2n) is 0.218. The second-order valence-corrected chi connectivity index (χ2v) is 1.13. The minimum Gasteiger partial charge on any atom is -0.320 e. The molecule has 0 heterocycles. The summed E-state index contributed by atoms with van der Waals surface area (Å²) in [5, 5.41) is 1.81. The van der Waals surface area contributed by atoms with Gasteiger partial charge in [0.25, 0.3) is 0 Å². The van der Waals surface area contributed by atoms with E-state index in [0.717, 1.165) is 0 Å². The smallest absolute Gasteiger partial charge is 0.320 e. The van der Waals surface area contributed by atoms with Crippen LogP contribution in [0.1, 0.15) is 6.92 Å². The van der Waals surface area contributed by atoms with Crippen molar-refractivity contribution in [2.45, 2.75) is 6.92 Å². The van der Waals surface area contributed by atoms with Crippen molar-refractivity contribution in [2.75, 3.05) is 0 Å². The molecule has 0 aliphatic heterocycles. The van der Waals surface area contributed by atoms with Crippen molar-refractivity contribution in [3.05, 3.63) is 5.33 Å². The number of halogens is 1. The van der Waals surface area contributed by atoms with E-state index >= 15 is 0 Å². The van der Waals surface area contributed by atoms with Gasteiger partial charge >= 0.3 is 18.9 Å². The number of hydrogen-bond acceptors (Lipinski definition) is 0. The largest absolute Gasteiger partial charge is 1.00 e. The van der Waals surface area contributed by atoms with E-state index in [4.69, 9.17) is 0 Å². The molecule has 0 nitrogen and oxygen atoms in total. The van der Waals surface area contributed by atoms with E-state index < -0.39 is 0 Å². The summed E-state index contributed by atoms with van der Waals surface area (Å²) in [6.45, 7) is 1.92. The maximum Gasteiger partial charge on any atom is 1.00 e. The fourth-order valence-electron chi connectivity index (χ4n) is 0. The zero-order valence-electron chi connectivity index (χ0n) is 2.96. The van der Waals surface area contributed by atoms with Crippen molar-refractivity contribution in [1.82, 2.24) is 0 Å².